The van der Waals surface area contributed by atoms with Crippen LogP contribution in [0.5, 0.6) is 0 Å². The molecule has 0 heterocycles. The van der Waals surface area contributed by atoms with Crippen LogP contribution in [0.3, 0.4) is 0 Å². The van der Waals surface area contributed by atoms with E-state index in [1.54, 1.807) is 6.07 Å². The summed E-state index contributed by atoms with van der Waals surface area (Å²) >= 11 is 17.9. The number of carbonyl (C=O) groups excluding carboxylic acids is 1. The number of nitrogens with zero attached hydrogens (tertiary/aromatic N) is 2. The second-order valence-corrected chi connectivity index (χ2v) is 10.4. The highest BCUT2D eigenvalue weighted by Crippen LogP contribution is 2.27. The summed E-state index contributed by atoms with van der Waals surface area (Å²) in [6.07, 6.45) is 0. The van der Waals surface area contributed by atoms with Crippen molar-refractivity contribution in [1.29, 1.82) is 0 Å². The quantitative estimate of drug-likeness (QED) is 0.290. The van der Waals surface area contributed by atoms with Crippen LogP contribution < -0.4 is 5.32 Å². The van der Waals surface area contributed by atoms with Gasteiger partial charge in [0.05, 0.1) is 37.7 Å². The fourth-order valence-corrected chi connectivity index (χ4v) is 4.96. The molecule has 0 aliphatic carbocycles. The number of rotatable bonds is 8. The first kappa shape index (κ1) is 25.9. The van der Waals surface area contributed by atoms with Crippen molar-refractivity contribution in [2.75, 3.05) is 11.9 Å². The fourth-order valence-electron chi connectivity index (χ4n) is 3.13. The molecule has 0 bridgehead atoms. The Labute approximate surface area is 211 Å². The summed E-state index contributed by atoms with van der Waals surface area (Å²) in [5.74, 6) is -0.679. The fraction of sp³-hybridized carbons (Fsp3) is 0.136. The van der Waals surface area contributed by atoms with Gasteiger partial charge in [0.15, 0.2) is 0 Å². The van der Waals surface area contributed by atoms with Crippen LogP contribution in [0.25, 0.3) is 0 Å². The minimum atomic E-state index is -4.13. The molecule has 12 heteroatoms. The smallest absolute Gasteiger partial charge is 0.274 e. The number of halogens is 3. The van der Waals surface area contributed by atoms with Crippen LogP contribution in [0, 0.1) is 17.0 Å². The van der Waals surface area contributed by atoms with Crippen molar-refractivity contribution in [2.24, 2.45) is 0 Å². The van der Waals surface area contributed by atoms with Crippen LogP contribution in [0.15, 0.2) is 65.6 Å². The first-order valence-corrected chi connectivity index (χ1v) is 12.3. The summed E-state index contributed by atoms with van der Waals surface area (Å²) in [6.45, 7) is 0.752. The molecule has 0 aliphatic heterocycles. The van der Waals surface area contributed by atoms with Crippen molar-refractivity contribution in [3.63, 3.8) is 0 Å². The first-order chi connectivity index (χ1) is 16.0. The molecule has 34 heavy (non-hydrogen) atoms. The van der Waals surface area contributed by atoms with Crippen molar-refractivity contribution in [1.82, 2.24) is 4.31 Å². The first-order valence-electron chi connectivity index (χ1n) is 9.72. The lowest BCUT2D eigenvalue weighted by atomic mass is 10.1. The maximum Gasteiger partial charge on any atom is 0.274 e. The highest BCUT2D eigenvalue weighted by Gasteiger charge is 2.28. The van der Waals surface area contributed by atoms with E-state index in [9.17, 15) is 23.3 Å². The Morgan fingerprint density at radius 3 is 2.32 bits per heavy atom. The minimum Gasteiger partial charge on any atom is -0.324 e. The van der Waals surface area contributed by atoms with E-state index in [0.717, 1.165) is 4.31 Å². The van der Waals surface area contributed by atoms with Gasteiger partial charge in [0, 0.05) is 17.6 Å². The minimum absolute atomic E-state index is 0.0590. The number of nitro benzene ring substituents is 1. The van der Waals surface area contributed by atoms with E-state index < -0.39 is 27.4 Å². The number of carbonyl (C=O) groups is 1. The van der Waals surface area contributed by atoms with Crippen LogP contribution in [0.1, 0.15) is 11.1 Å². The molecule has 0 spiro atoms. The van der Waals surface area contributed by atoms with Crippen LogP contribution >= 0.6 is 34.8 Å². The van der Waals surface area contributed by atoms with E-state index in [4.69, 9.17) is 34.8 Å². The SMILES string of the molecule is Cc1c(NC(=O)CN(Cc2ccc(Cl)c(Cl)c2)S(=O)(=O)c2ccc(Cl)cc2)cccc1[N+](=O)[O-]. The standard InChI is InChI=1S/C22H18Cl3N3O5S/c1-14-20(3-2-4-21(14)28(30)31)26-22(29)13-27(12-15-5-10-18(24)19(25)11-15)34(32,33)17-8-6-16(23)7-9-17/h2-11H,12-13H2,1H3,(H,26,29). The highest BCUT2D eigenvalue weighted by atomic mass is 35.5. The molecule has 0 fully saturated rings. The molecule has 0 aliphatic rings. The van der Waals surface area contributed by atoms with E-state index in [-0.39, 0.29) is 33.4 Å². The van der Waals surface area contributed by atoms with Crippen molar-refractivity contribution < 1.29 is 18.1 Å². The molecule has 3 rings (SSSR count). The second-order valence-electron chi connectivity index (χ2n) is 7.23. The van der Waals surface area contributed by atoms with E-state index in [1.807, 2.05) is 0 Å². The molecular weight excluding hydrogens is 525 g/mol. The molecule has 0 radical (unpaired) electrons. The van der Waals surface area contributed by atoms with Gasteiger partial charge in [-0.15, -0.1) is 0 Å². The molecule has 0 saturated carbocycles. The number of amides is 1. The lowest BCUT2D eigenvalue weighted by Crippen LogP contribution is -2.37. The Bertz CT molecular complexity index is 1350. The predicted octanol–water partition coefficient (Wildman–Crippen LogP) is 5.69. The number of hydrogen-bond acceptors (Lipinski definition) is 5. The Morgan fingerprint density at radius 2 is 1.71 bits per heavy atom. The van der Waals surface area contributed by atoms with Crippen molar-refractivity contribution in [2.45, 2.75) is 18.4 Å². The molecule has 3 aromatic carbocycles. The zero-order chi connectivity index (χ0) is 25.0. The molecular formula is C22H18Cl3N3O5S. The monoisotopic (exact) mass is 541 g/mol. The van der Waals surface area contributed by atoms with Gasteiger partial charge in [-0.1, -0.05) is 46.9 Å². The molecule has 1 N–H and O–H groups in total. The third-order valence-electron chi connectivity index (χ3n) is 4.89. The van der Waals surface area contributed by atoms with Gasteiger partial charge in [-0.05, 0) is 55.0 Å². The Hall–Kier alpha value is -2.69. The number of benzene rings is 3. The molecule has 0 atom stereocenters. The van der Waals surface area contributed by atoms with Gasteiger partial charge in [-0.25, -0.2) is 8.42 Å². The summed E-state index contributed by atoms with van der Waals surface area (Å²) in [6, 6.07) is 14.4. The second kappa shape index (κ2) is 10.7. The summed E-state index contributed by atoms with van der Waals surface area (Å²) in [7, 11) is -4.13. The van der Waals surface area contributed by atoms with E-state index in [2.05, 4.69) is 5.32 Å². The lowest BCUT2D eigenvalue weighted by Gasteiger charge is -2.22. The van der Waals surface area contributed by atoms with Crippen molar-refractivity contribution in [3.05, 3.63) is 97.0 Å². The summed E-state index contributed by atoms with van der Waals surface area (Å²) in [4.78, 5) is 23.4. The molecule has 0 unspecified atom stereocenters. The lowest BCUT2D eigenvalue weighted by molar-refractivity contribution is -0.385. The number of nitrogens with one attached hydrogen (secondary N) is 1. The average molecular weight is 543 g/mol. The molecule has 0 saturated heterocycles. The Morgan fingerprint density at radius 1 is 1.03 bits per heavy atom. The van der Waals surface area contributed by atoms with Gasteiger partial charge in [-0.3, -0.25) is 14.9 Å². The maximum atomic E-state index is 13.4. The summed E-state index contributed by atoms with van der Waals surface area (Å²) in [5, 5.41) is 14.6. The Kier molecular flexibility index (Phi) is 8.17. The Balaban J connectivity index is 1.92. The van der Waals surface area contributed by atoms with Gasteiger partial charge >= 0.3 is 0 Å². The number of sulfonamides is 1. The molecule has 8 nitrogen and oxygen atoms in total. The van der Waals surface area contributed by atoms with Gasteiger partial charge in [0.25, 0.3) is 5.69 Å². The topological polar surface area (TPSA) is 110 Å². The van der Waals surface area contributed by atoms with Crippen LogP contribution in [0.4, 0.5) is 11.4 Å². The van der Waals surface area contributed by atoms with Gasteiger partial charge in [-0.2, -0.15) is 4.31 Å². The molecule has 0 aromatic heterocycles. The number of anilines is 1. The van der Waals surface area contributed by atoms with Crippen molar-refractivity contribution in [3.8, 4) is 0 Å². The third kappa shape index (κ3) is 6.05. The van der Waals surface area contributed by atoms with E-state index in [0.29, 0.717) is 15.6 Å². The van der Waals surface area contributed by atoms with Gasteiger partial charge in [0.2, 0.25) is 15.9 Å². The zero-order valence-electron chi connectivity index (χ0n) is 17.7. The summed E-state index contributed by atoms with van der Waals surface area (Å²) < 4.78 is 27.7. The zero-order valence-corrected chi connectivity index (χ0v) is 20.7. The van der Waals surface area contributed by atoms with Gasteiger partial charge < -0.3 is 5.32 Å². The highest BCUT2D eigenvalue weighted by molar-refractivity contribution is 7.89. The molecule has 1 amide bonds. The number of hydrogen-bond donors (Lipinski definition) is 1. The molecule has 3 aromatic rings. The average Bonchev–Trinajstić information content (AvgIpc) is 2.77. The molecule has 178 valence electrons. The normalized spacial score (nSPS) is 11.4. The maximum absolute atomic E-state index is 13.4. The van der Waals surface area contributed by atoms with E-state index >= 15 is 0 Å². The van der Waals surface area contributed by atoms with E-state index in [1.165, 1.54) is 61.5 Å². The van der Waals surface area contributed by atoms with Crippen molar-refractivity contribution >= 4 is 62.1 Å². The third-order valence-corrected chi connectivity index (χ3v) is 7.69. The van der Waals surface area contributed by atoms with Gasteiger partial charge in [0.1, 0.15) is 0 Å². The predicted molar refractivity (Wildman–Crippen MR) is 132 cm³/mol. The van der Waals surface area contributed by atoms with Crippen LogP contribution in [-0.4, -0.2) is 30.1 Å². The number of nitro groups is 1. The van der Waals surface area contributed by atoms with Crippen LogP contribution in [0.2, 0.25) is 15.1 Å². The van der Waals surface area contributed by atoms with Crippen LogP contribution in [-0.2, 0) is 21.4 Å². The summed E-state index contributed by atoms with van der Waals surface area (Å²) in [5.41, 5.74) is 0.792. The largest absolute Gasteiger partial charge is 0.324 e.